The Kier molecular flexibility index (Phi) is 5.26. The minimum absolute atomic E-state index is 0.0596. The summed E-state index contributed by atoms with van der Waals surface area (Å²) in [4.78, 5) is 16.7. The van der Waals surface area contributed by atoms with Gasteiger partial charge >= 0.3 is 0 Å². The summed E-state index contributed by atoms with van der Waals surface area (Å²) in [6, 6.07) is 15.1. The van der Waals surface area contributed by atoms with Gasteiger partial charge in [0.1, 0.15) is 5.75 Å². The number of piperazine rings is 1. The summed E-state index contributed by atoms with van der Waals surface area (Å²) in [5.41, 5.74) is 1.78. The SMILES string of the molecule is CCOc1ccccc1N1CCN(C(=O)c2ccc(Cl)cc2)CC1. The van der Waals surface area contributed by atoms with Gasteiger partial charge in [-0.15, -0.1) is 0 Å². The van der Waals surface area contributed by atoms with E-state index in [1.54, 1.807) is 24.3 Å². The number of hydrogen-bond donors (Lipinski definition) is 0. The first-order valence-electron chi connectivity index (χ1n) is 8.20. The second kappa shape index (κ2) is 7.58. The van der Waals surface area contributed by atoms with Crippen LogP contribution in [0.4, 0.5) is 5.69 Å². The third-order valence-electron chi connectivity index (χ3n) is 4.16. The van der Waals surface area contributed by atoms with Crippen LogP contribution in [-0.2, 0) is 0 Å². The van der Waals surface area contributed by atoms with Crippen molar-refractivity contribution in [3.8, 4) is 5.75 Å². The predicted molar refractivity (Wildman–Crippen MR) is 97.2 cm³/mol. The first kappa shape index (κ1) is 16.7. The van der Waals surface area contributed by atoms with E-state index in [-0.39, 0.29) is 5.91 Å². The summed E-state index contributed by atoms with van der Waals surface area (Å²) in [5, 5.41) is 0.643. The van der Waals surface area contributed by atoms with Crippen molar-refractivity contribution in [3.63, 3.8) is 0 Å². The lowest BCUT2D eigenvalue weighted by Crippen LogP contribution is -2.48. The van der Waals surface area contributed by atoms with Crippen molar-refractivity contribution < 1.29 is 9.53 Å². The van der Waals surface area contributed by atoms with Gasteiger partial charge in [-0.25, -0.2) is 0 Å². The summed E-state index contributed by atoms with van der Waals surface area (Å²) >= 11 is 5.89. The van der Waals surface area contributed by atoms with E-state index in [4.69, 9.17) is 16.3 Å². The van der Waals surface area contributed by atoms with Gasteiger partial charge in [0.15, 0.2) is 0 Å². The number of carbonyl (C=O) groups is 1. The maximum Gasteiger partial charge on any atom is 0.253 e. The average Bonchev–Trinajstić information content (AvgIpc) is 2.63. The van der Waals surface area contributed by atoms with Crippen LogP contribution >= 0.6 is 11.6 Å². The van der Waals surface area contributed by atoms with Gasteiger partial charge in [-0.05, 0) is 43.3 Å². The number of carbonyl (C=O) groups excluding carboxylic acids is 1. The monoisotopic (exact) mass is 344 g/mol. The molecule has 126 valence electrons. The van der Waals surface area contributed by atoms with Gasteiger partial charge in [0.25, 0.3) is 5.91 Å². The van der Waals surface area contributed by atoms with Crippen molar-refractivity contribution >= 4 is 23.2 Å². The van der Waals surface area contributed by atoms with Crippen molar-refractivity contribution in [2.45, 2.75) is 6.92 Å². The number of nitrogens with zero attached hydrogens (tertiary/aromatic N) is 2. The van der Waals surface area contributed by atoms with Gasteiger partial charge in [0.2, 0.25) is 0 Å². The maximum atomic E-state index is 12.6. The van der Waals surface area contributed by atoms with Crippen LogP contribution in [0.5, 0.6) is 5.75 Å². The van der Waals surface area contributed by atoms with E-state index in [0.717, 1.165) is 24.5 Å². The summed E-state index contributed by atoms with van der Waals surface area (Å²) in [6.07, 6.45) is 0. The van der Waals surface area contributed by atoms with E-state index in [1.165, 1.54) is 0 Å². The fraction of sp³-hybridized carbons (Fsp3) is 0.316. The Morgan fingerprint density at radius 1 is 1.04 bits per heavy atom. The molecule has 3 rings (SSSR count). The number of halogens is 1. The lowest BCUT2D eigenvalue weighted by molar-refractivity contribution is 0.0746. The Morgan fingerprint density at radius 2 is 1.71 bits per heavy atom. The minimum Gasteiger partial charge on any atom is -0.492 e. The summed E-state index contributed by atoms with van der Waals surface area (Å²) in [6.45, 7) is 5.61. The molecule has 0 atom stereocenters. The third-order valence-corrected chi connectivity index (χ3v) is 4.42. The van der Waals surface area contributed by atoms with Crippen molar-refractivity contribution in [3.05, 3.63) is 59.1 Å². The molecule has 0 aromatic heterocycles. The Hall–Kier alpha value is -2.20. The number of rotatable bonds is 4. The number of benzene rings is 2. The highest BCUT2D eigenvalue weighted by atomic mass is 35.5. The van der Waals surface area contributed by atoms with Gasteiger partial charge in [-0.1, -0.05) is 23.7 Å². The Balaban J connectivity index is 1.65. The zero-order valence-corrected chi connectivity index (χ0v) is 14.5. The highest BCUT2D eigenvalue weighted by molar-refractivity contribution is 6.30. The Morgan fingerprint density at radius 3 is 2.38 bits per heavy atom. The van der Waals surface area contributed by atoms with Crippen molar-refractivity contribution in [2.24, 2.45) is 0 Å². The van der Waals surface area contributed by atoms with Crippen molar-refractivity contribution in [1.29, 1.82) is 0 Å². The van der Waals surface area contributed by atoms with Gasteiger partial charge in [-0.3, -0.25) is 4.79 Å². The molecule has 2 aromatic rings. The zero-order valence-electron chi connectivity index (χ0n) is 13.7. The largest absolute Gasteiger partial charge is 0.492 e. The van der Waals surface area contributed by atoms with Crippen LogP contribution < -0.4 is 9.64 Å². The van der Waals surface area contributed by atoms with Crippen molar-refractivity contribution in [1.82, 2.24) is 4.90 Å². The van der Waals surface area contributed by atoms with Crippen LogP contribution in [0.25, 0.3) is 0 Å². The molecule has 2 aromatic carbocycles. The molecule has 24 heavy (non-hydrogen) atoms. The average molecular weight is 345 g/mol. The van der Waals surface area contributed by atoms with E-state index >= 15 is 0 Å². The second-order valence-electron chi connectivity index (χ2n) is 5.69. The fourth-order valence-electron chi connectivity index (χ4n) is 2.92. The smallest absolute Gasteiger partial charge is 0.253 e. The molecule has 1 amide bonds. The molecule has 1 fully saturated rings. The standard InChI is InChI=1S/C19H21ClN2O2/c1-2-24-18-6-4-3-5-17(18)21-11-13-22(14-12-21)19(23)15-7-9-16(20)10-8-15/h3-10H,2,11-14H2,1H3. The van der Waals surface area contributed by atoms with Gasteiger partial charge in [0.05, 0.1) is 12.3 Å². The molecule has 0 unspecified atom stereocenters. The topological polar surface area (TPSA) is 32.8 Å². The number of anilines is 1. The number of para-hydroxylation sites is 2. The summed E-state index contributed by atoms with van der Waals surface area (Å²) in [7, 11) is 0. The highest BCUT2D eigenvalue weighted by Crippen LogP contribution is 2.29. The van der Waals surface area contributed by atoms with Crippen molar-refractivity contribution in [2.75, 3.05) is 37.7 Å². The first-order chi connectivity index (χ1) is 11.7. The van der Waals surface area contributed by atoms with Crippen LogP contribution in [0.3, 0.4) is 0 Å². The second-order valence-corrected chi connectivity index (χ2v) is 6.12. The van der Waals surface area contributed by atoms with Crippen LogP contribution in [-0.4, -0.2) is 43.6 Å². The minimum atomic E-state index is 0.0596. The molecule has 1 heterocycles. The normalized spacial score (nSPS) is 14.6. The third kappa shape index (κ3) is 3.65. The van der Waals surface area contributed by atoms with Gasteiger partial charge < -0.3 is 14.5 Å². The molecule has 0 saturated carbocycles. The molecule has 4 nitrogen and oxygen atoms in total. The number of hydrogen-bond acceptors (Lipinski definition) is 3. The van der Waals surface area contributed by atoms with E-state index in [1.807, 2.05) is 30.0 Å². The zero-order chi connectivity index (χ0) is 16.9. The highest BCUT2D eigenvalue weighted by Gasteiger charge is 2.23. The molecule has 5 heteroatoms. The molecule has 0 spiro atoms. The van der Waals surface area contributed by atoms with Crippen LogP contribution in [0.2, 0.25) is 5.02 Å². The van der Waals surface area contributed by atoms with Crippen LogP contribution in [0, 0.1) is 0 Å². The number of ether oxygens (including phenoxy) is 1. The van der Waals surface area contributed by atoms with E-state index in [0.29, 0.717) is 30.3 Å². The molecule has 0 N–H and O–H groups in total. The fourth-order valence-corrected chi connectivity index (χ4v) is 3.05. The molecular weight excluding hydrogens is 324 g/mol. The molecule has 0 bridgehead atoms. The summed E-state index contributed by atoms with van der Waals surface area (Å²) < 4.78 is 5.71. The van der Waals surface area contributed by atoms with Gasteiger partial charge in [0, 0.05) is 36.8 Å². The predicted octanol–water partition coefficient (Wildman–Crippen LogP) is 3.70. The van der Waals surface area contributed by atoms with Crippen LogP contribution in [0.1, 0.15) is 17.3 Å². The Bertz CT molecular complexity index is 695. The van der Waals surface area contributed by atoms with E-state index in [9.17, 15) is 4.79 Å². The summed E-state index contributed by atoms with van der Waals surface area (Å²) in [5.74, 6) is 0.960. The quantitative estimate of drug-likeness (QED) is 0.847. The number of amides is 1. The molecule has 0 aliphatic carbocycles. The van der Waals surface area contributed by atoms with Crippen LogP contribution in [0.15, 0.2) is 48.5 Å². The molecule has 1 aliphatic rings. The van der Waals surface area contributed by atoms with Gasteiger partial charge in [-0.2, -0.15) is 0 Å². The molecule has 1 aliphatic heterocycles. The first-order valence-corrected chi connectivity index (χ1v) is 8.58. The lowest BCUT2D eigenvalue weighted by Gasteiger charge is -2.36. The molecular formula is C19H21ClN2O2. The molecule has 1 saturated heterocycles. The molecule has 0 radical (unpaired) electrons. The lowest BCUT2D eigenvalue weighted by atomic mass is 10.1. The van der Waals surface area contributed by atoms with E-state index < -0.39 is 0 Å². The maximum absolute atomic E-state index is 12.6. The van der Waals surface area contributed by atoms with E-state index in [2.05, 4.69) is 11.0 Å². The Labute approximate surface area is 147 Å².